The van der Waals surface area contributed by atoms with Crippen molar-refractivity contribution in [3.05, 3.63) is 66.0 Å². The van der Waals surface area contributed by atoms with E-state index in [0.717, 1.165) is 10.5 Å². The summed E-state index contributed by atoms with van der Waals surface area (Å²) in [6.07, 6.45) is 2.99. The molecule has 1 aliphatic heterocycles. The van der Waals surface area contributed by atoms with E-state index in [1.807, 2.05) is 0 Å². The first kappa shape index (κ1) is 23.0. The third-order valence-electron chi connectivity index (χ3n) is 7.38. The fourth-order valence-electron chi connectivity index (χ4n) is 5.62. The number of nitrogens with zero attached hydrogens (tertiary/aromatic N) is 2. The van der Waals surface area contributed by atoms with E-state index in [2.05, 4.69) is 102 Å². The van der Waals surface area contributed by atoms with E-state index in [0.29, 0.717) is 17.1 Å². The predicted octanol–water partition coefficient (Wildman–Crippen LogP) is 9.59. The molecule has 3 aromatic carbocycles. The molecule has 2 aromatic heterocycles. The minimum absolute atomic E-state index is 0.0368. The molecular weight excluding hydrogens is 464 g/mol. The number of rotatable bonds is 3. The van der Waals surface area contributed by atoms with Crippen LogP contribution in [0.1, 0.15) is 65.0 Å². The molecule has 2 unspecified atom stereocenters. The van der Waals surface area contributed by atoms with Crippen molar-refractivity contribution >= 4 is 54.2 Å². The van der Waals surface area contributed by atoms with E-state index in [1.54, 1.807) is 17.7 Å². The van der Waals surface area contributed by atoms with Gasteiger partial charge in [-0.1, -0.05) is 71.9 Å². The summed E-state index contributed by atoms with van der Waals surface area (Å²) < 4.78 is 1.32. The van der Waals surface area contributed by atoms with E-state index in [-0.39, 0.29) is 5.41 Å². The van der Waals surface area contributed by atoms with Gasteiger partial charge in [0, 0.05) is 31.2 Å². The van der Waals surface area contributed by atoms with Gasteiger partial charge in [0.2, 0.25) is 0 Å². The van der Waals surface area contributed by atoms with Gasteiger partial charge in [0.1, 0.15) is 11.2 Å². The van der Waals surface area contributed by atoms with E-state index in [9.17, 15) is 0 Å². The molecule has 4 heteroatoms. The maximum Gasteiger partial charge on any atom is 0.128 e. The molecule has 0 saturated carbocycles. The molecular formula is C31H32N2S2. The van der Waals surface area contributed by atoms with Crippen LogP contribution in [0, 0.1) is 5.92 Å². The van der Waals surface area contributed by atoms with Crippen molar-refractivity contribution in [1.29, 1.82) is 0 Å². The van der Waals surface area contributed by atoms with Crippen molar-refractivity contribution in [2.45, 2.75) is 69.4 Å². The Morgan fingerprint density at radius 1 is 0.971 bits per heavy atom. The van der Waals surface area contributed by atoms with E-state index in [1.165, 1.54) is 54.3 Å². The molecule has 35 heavy (non-hydrogen) atoms. The Balaban J connectivity index is 1.64. The smallest absolute Gasteiger partial charge is 0.128 e. The Hall–Kier alpha value is -2.43. The van der Waals surface area contributed by atoms with Crippen LogP contribution < -0.4 is 0 Å². The van der Waals surface area contributed by atoms with E-state index in [4.69, 9.17) is 9.97 Å². The van der Waals surface area contributed by atoms with Crippen molar-refractivity contribution in [3.63, 3.8) is 0 Å². The van der Waals surface area contributed by atoms with Gasteiger partial charge >= 0.3 is 0 Å². The van der Waals surface area contributed by atoms with Gasteiger partial charge in [-0.25, -0.2) is 9.97 Å². The predicted molar refractivity (Wildman–Crippen MR) is 154 cm³/mol. The van der Waals surface area contributed by atoms with Crippen LogP contribution in [0.2, 0.25) is 0 Å². The third kappa shape index (κ3) is 3.77. The van der Waals surface area contributed by atoms with Crippen LogP contribution in [0.5, 0.6) is 0 Å². The molecule has 0 spiro atoms. The maximum atomic E-state index is 4.93. The van der Waals surface area contributed by atoms with Gasteiger partial charge in [-0.05, 0) is 63.8 Å². The monoisotopic (exact) mass is 496 g/mol. The molecule has 0 amide bonds. The third-order valence-corrected chi connectivity index (χ3v) is 10.0. The summed E-state index contributed by atoms with van der Waals surface area (Å²) in [7, 11) is 0. The lowest BCUT2D eigenvalue weighted by atomic mass is 9.82. The number of fused-ring (bicyclic) bond motifs is 6. The SMILES string of the molecule is CC(C)CC1Sc2c(ccc3sc4ncnc(-c5cc(C(C)(C)C)c6ccccc6c5)c4c23)C1C. The van der Waals surface area contributed by atoms with Crippen LogP contribution in [0.15, 0.2) is 59.8 Å². The second-order valence-corrected chi connectivity index (χ2v) is 13.7. The molecule has 2 atom stereocenters. The summed E-state index contributed by atoms with van der Waals surface area (Å²) in [6, 6.07) is 18.1. The van der Waals surface area contributed by atoms with Crippen molar-refractivity contribution in [1.82, 2.24) is 9.97 Å². The molecule has 178 valence electrons. The fraction of sp³-hybridized carbons (Fsp3) is 0.355. The van der Waals surface area contributed by atoms with Crippen LogP contribution in [-0.4, -0.2) is 15.2 Å². The lowest BCUT2D eigenvalue weighted by Gasteiger charge is -2.23. The quantitative estimate of drug-likeness (QED) is 0.249. The summed E-state index contributed by atoms with van der Waals surface area (Å²) in [5.74, 6) is 1.27. The van der Waals surface area contributed by atoms with Gasteiger partial charge in [-0.3, -0.25) is 0 Å². The van der Waals surface area contributed by atoms with Crippen LogP contribution in [0.4, 0.5) is 0 Å². The zero-order valence-electron chi connectivity index (χ0n) is 21.3. The molecule has 0 radical (unpaired) electrons. The average Bonchev–Trinajstić information content (AvgIpc) is 3.34. The first-order valence-corrected chi connectivity index (χ1v) is 14.3. The molecule has 1 aliphatic rings. The maximum absolute atomic E-state index is 4.93. The van der Waals surface area contributed by atoms with E-state index < -0.39 is 0 Å². The molecule has 0 bridgehead atoms. The Kier molecular flexibility index (Phi) is 5.46. The highest BCUT2D eigenvalue weighted by Crippen LogP contribution is 2.54. The van der Waals surface area contributed by atoms with Gasteiger partial charge in [-0.2, -0.15) is 0 Å². The number of aromatic nitrogens is 2. The molecule has 0 fully saturated rings. The van der Waals surface area contributed by atoms with Crippen LogP contribution in [0.25, 0.3) is 42.3 Å². The lowest BCUT2D eigenvalue weighted by molar-refractivity contribution is 0.535. The van der Waals surface area contributed by atoms with Crippen molar-refractivity contribution in [2.24, 2.45) is 5.92 Å². The van der Waals surface area contributed by atoms with Crippen molar-refractivity contribution in [2.75, 3.05) is 0 Å². The number of thiophene rings is 1. The van der Waals surface area contributed by atoms with Gasteiger partial charge < -0.3 is 0 Å². The molecule has 0 aliphatic carbocycles. The largest absolute Gasteiger partial charge is 0.236 e. The molecule has 6 rings (SSSR count). The highest BCUT2D eigenvalue weighted by atomic mass is 32.2. The molecule has 0 N–H and O–H groups in total. The second kappa shape index (κ2) is 8.31. The molecule has 5 aromatic rings. The minimum Gasteiger partial charge on any atom is -0.236 e. The Labute approximate surface area is 216 Å². The number of thioether (sulfide) groups is 1. The summed E-state index contributed by atoms with van der Waals surface area (Å²) in [5, 5.41) is 5.82. The highest BCUT2D eigenvalue weighted by Gasteiger charge is 2.33. The number of benzene rings is 3. The Morgan fingerprint density at radius 3 is 2.54 bits per heavy atom. The zero-order chi connectivity index (χ0) is 24.5. The Bertz CT molecular complexity index is 1590. The highest BCUT2D eigenvalue weighted by molar-refractivity contribution is 8.00. The first-order chi connectivity index (χ1) is 16.7. The minimum atomic E-state index is 0.0368. The standard InChI is InChI=1S/C31H32N2S2/c1-17(2)13-25-18(3)21-11-12-24-26(29(21)34-25)27-28(32-16-33-30(27)35-24)20-14-19-9-7-8-10-22(19)23(15-20)31(4,5)6/h7-12,14-18,25H,13H2,1-6H3. The fourth-order valence-corrected chi connectivity index (χ4v) is 8.59. The molecule has 3 heterocycles. The van der Waals surface area contributed by atoms with Gasteiger partial charge in [-0.15, -0.1) is 23.1 Å². The summed E-state index contributed by atoms with van der Waals surface area (Å²) >= 11 is 3.89. The summed E-state index contributed by atoms with van der Waals surface area (Å²) in [5.41, 5.74) is 5.15. The average molecular weight is 497 g/mol. The summed E-state index contributed by atoms with van der Waals surface area (Å²) in [4.78, 5) is 12.2. The van der Waals surface area contributed by atoms with Crippen LogP contribution in [-0.2, 0) is 5.41 Å². The van der Waals surface area contributed by atoms with Gasteiger partial charge in [0.25, 0.3) is 0 Å². The molecule has 0 saturated heterocycles. The van der Waals surface area contributed by atoms with Crippen LogP contribution >= 0.6 is 23.1 Å². The second-order valence-electron chi connectivity index (χ2n) is 11.4. The summed E-state index contributed by atoms with van der Waals surface area (Å²) in [6.45, 7) is 14.0. The Morgan fingerprint density at radius 2 is 1.77 bits per heavy atom. The van der Waals surface area contributed by atoms with Crippen molar-refractivity contribution < 1.29 is 0 Å². The topological polar surface area (TPSA) is 25.8 Å². The first-order valence-electron chi connectivity index (χ1n) is 12.6. The van der Waals surface area contributed by atoms with Gasteiger partial charge in [0.15, 0.2) is 0 Å². The zero-order valence-corrected chi connectivity index (χ0v) is 23.0. The van der Waals surface area contributed by atoms with E-state index >= 15 is 0 Å². The van der Waals surface area contributed by atoms with Crippen LogP contribution in [0.3, 0.4) is 0 Å². The van der Waals surface area contributed by atoms with Gasteiger partial charge in [0.05, 0.1) is 5.69 Å². The number of hydrogen-bond donors (Lipinski definition) is 0. The van der Waals surface area contributed by atoms with Crippen molar-refractivity contribution in [3.8, 4) is 11.3 Å². The normalized spacial score (nSPS) is 18.3. The number of hydrogen-bond acceptors (Lipinski definition) is 4. The lowest BCUT2D eigenvalue weighted by Crippen LogP contribution is -2.12. The molecule has 2 nitrogen and oxygen atoms in total.